The van der Waals surface area contributed by atoms with Gasteiger partial charge in [-0.25, -0.2) is 4.39 Å². The molecule has 2 heterocycles. The minimum atomic E-state index is -0.158. The van der Waals surface area contributed by atoms with Crippen molar-refractivity contribution in [2.45, 2.75) is 37.9 Å². The van der Waals surface area contributed by atoms with Gasteiger partial charge in [-0.05, 0) is 43.0 Å². The van der Waals surface area contributed by atoms with Crippen LogP contribution in [0.3, 0.4) is 0 Å². The molecule has 106 valence electrons. The number of hydrogen-bond donors (Lipinski definition) is 1. The predicted molar refractivity (Wildman–Crippen MR) is 81.2 cm³/mol. The Bertz CT molecular complexity index is 423. The second-order valence-electron chi connectivity index (χ2n) is 5.44. The van der Waals surface area contributed by atoms with E-state index in [9.17, 15) is 4.39 Å². The van der Waals surface area contributed by atoms with E-state index in [0.29, 0.717) is 12.1 Å². The Kier molecular flexibility index (Phi) is 5.23. The number of hydrogen-bond acceptors (Lipinski definition) is 2. The summed E-state index contributed by atoms with van der Waals surface area (Å²) in [7, 11) is 0. The molecule has 19 heavy (non-hydrogen) atoms. The number of rotatable bonds is 2. The van der Waals surface area contributed by atoms with Crippen molar-refractivity contribution in [1.82, 2.24) is 10.2 Å². The highest BCUT2D eigenvalue weighted by Gasteiger charge is 2.29. The molecule has 2 atom stereocenters. The number of halogens is 3. The summed E-state index contributed by atoms with van der Waals surface area (Å²) in [5.41, 5.74) is 1.06. The molecular formula is C14H19BrClFN2. The van der Waals surface area contributed by atoms with Crippen LogP contribution in [-0.2, 0) is 6.54 Å². The summed E-state index contributed by atoms with van der Waals surface area (Å²) < 4.78 is 14.2. The van der Waals surface area contributed by atoms with Crippen molar-refractivity contribution in [3.63, 3.8) is 0 Å². The van der Waals surface area contributed by atoms with Gasteiger partial charge in [0.05, 0.1) is 0 Å². The summed E-state index contributed by atoms with van der Waals surface area (Å²) >= 11 is 3.35. The van der Waals surface area contributed by atoms with Gasteiger partial charge in [0.25, 0.3) is 0 Å². The Labute approximate surface area is 128 Å². The van der Waals surface area contributed by atoms with Crippen molar-refractivity contribution in [2.75, 3.05) is 13.1 Å². The fraction of sp³-hybridized carbons (Fsp3) is 0.571. The Morgan fingerprint density at radius 1 is 1.21 bits per heavy atom. The van der Waals surface area contributed by atoms with Gasteiger partial charge in [-0.3, -0.25) is 4.90 Å². The van der Waals surface area contributed by atoms with E-state index in [2.05, 4.69) is 26.1 Å². The molecule has 1 N–H and O–H groups in total. The lowest BCUT2D eigenvalue weighted by Gasteiger charge is -2.24. The molecule has 0 amide bonds. The van der Waals surface area contributed by atoms with Crippen molar-refractivity contribution < 1.29 is 4.39 Å². The normalized spacial score (nSPS) is 26.8. The Hall–Kier alpha value is -0.160. The van der Waals surface area contributed by atoms with E-state index in [0.717, 1.165) is 29.7 Å². The van der Waals surface area contributed by atoms with Gasteiger partial charge in [0, 0.05) is 36.2 Å². The van der Waals surface area contributed by atoms with Gasteiger partial charge < -0.3 is 5.32 Å². The van der Waals surface area contributed by atoms with E-state index in [1.807, 2.05) is 6.07 Å². The van der Waals surface area contributed by atoms with Crippen LogP contribution in [0.2, 0.25) is 0 Å². The van der Waals surface area contributed by atoms with Gasteiger partial charge in [0.1, 0.15) is 5.82 Å². The topological polar surface area (TPSA) is 15.3 Å². The number of nitrogens with one attached hydrogen (secondary N) is 1. The number of likely N-dealkylation sites (tertiary alicyclic amines) is 1. The molecule has 0 saturated carbocycles. The van der Waals surface area contributed by atoms with E-state index in [4.69, 9.17) is 0 Å². The molecule has 1 aromatic carbocycles. The third kappa shape index (κ3) is 3.91. The van der Waals surface area contributed by atoms with E-state index in [-0.39, 0.29) is 18.2 Å². The summed E-state index contributed by atoms with van der Waals surface area (Å²) in [5.74, 6) is -0.158. The van der Waals surface area contributed by atoms with Crippen molar-refractivity contribution in [3.05, 3.63) is 34.1 Å². The zero-order chi connectivity index (χ0) is 12.5. The van der Waals surface area contributed by atoms with Crippen molar-refractivity contribution in [3.8, 4) is 0 Å². The Balaban J connectivity index is 0.00000133. The highest BCUT2D eigenvalue weighted by atomic mass is 79.9. The largest absolute Gasteiger partial charge is 0.310 e. The molecule has 0 aromatic heterocycles. The van der Waals surface area contributed by atoms with Crippen LogP contribution < -0.4 is 5.32 Å². The van der Waals surface area contributed by atoms with Crippen LogP contribution in [0.5, 0.6) is 0 Å². The highest BCUT2D eigenvalue weighted by molar-refractivity contribution is 9.10. The minimum Gasteiger partial charge on any atom is -0.310 e. The minimum absolute atomic E-state index is 0. The summed E-state index contributed by atoms with van der Waals surface area (Å²) in [4.78, 5) is 2.44. The zero-order valence-corrected chi connectivity index (χ0v) is 13.1. The van der Waals surface area contributed by atoms with Gasteiger partial charge in [-0.1, -0.05) is 15.9 Å². The molecule has 2 nitrogen and oxygen atoms in total. The molecular weight excluding hydrogens is 331 g/mol. The van der Waals surface area contributed by atoms with Crippen molar-refractivity contribution in [1.29, 1.82) is 0 Å². The maximum absolute atomic E-state index is 13.4. The molecule has 2 aliphatic heterocycles. The third-order valence-corrected chi connectivity index (χ3v) is 4.39. The van der Waals surface area contributed by atoms with Gasteiger partial charge in [0.2, 0.25) is 0 Å². The van der Waals surface area contributed by atoms with E-state index in [1.165, 1.54) is 25.3 Å². The number of fused-ring (bicyclic) bond motifs is 2. The van der Waals surface area contributed by atoms with Gasteiger partial charge >= 0.3 is 0 Å². The fourth-order valence-corrected chi connectivity index (χ4v) is 3.63. The smallest absolute Gasteiger partial charge is 0.124 e. The van der Waals surface area contributed by atoms with E-state index in [1.54, 1.807) is 6.07 Å². The first kappa shape index (κ1) is 15.2. The molecule has 2 unspecified atom stereocenters. The van der Waals surface area contributed by atoms with Crippen molar-refractivity contribution in [2.24, 2.45) is 0 Å². The molecule has 2 bridgehead atoms. The van der Waals surface area contributed by atoms with Gasteiger partial charge in [0.15, 0.2) is 0 Å². The SMILES string of the molecule is Cl.Fc1cc(Br)cc(CN2CCC3CCC(C2)N3)c1. The molecule has 2 saturated heterocycles. The highest BCUT2D eigenvalue weighted by Crippen LogP contribution is 2.22. The molecule has 1 aromatic rings. The maximum Gasteiger partial charge on any atom is 0.124 e. The molecule has 5 heteroatoms. The quantitative estimate of drug-likeness (QED) is 0.881. The average Bonchev–Trinajstić information content (AvgIpc) is 2.61. The molecule has 2 fully saturated rings. The van der Waals surface area contributed by atoms with Crippen LogP contribution in [0.25, 0.3) is 0 Å². The monoisotopic (exact) mass is 348 g/mol. The van der Waals surface area contributed by atoms with Crippen LogP contribution in [0, 0.1) is 5.82 Å². The summed E-state index contributed by atoms with van der Waals surface area (Å²) in [5, 5.41) is 3.67. The molecule has 0 radical (unpaired) electrons. The summed E-state index contributed by atoms with van der Waals surface area (Å²) in [6.45, 7) is 3.05. The van der Waals surface area contributed by atoms with Gasteiger partial charge in [-0.2, -0.15) is 0 Å². The second kappa shape index (κ2) is 6.53. The maximum atomic E-state index is 13.4. The molecule has 0 aliphatic carbocycles. The van der Waals surface area contributed by atoms with Gasteiger partial charge in [-0.15, -0.1) is 12.4 Å². The van der Waals surface area contributed by atoms with Crippen LogP contribution in [0.1, 0.15) is 24.8 Å². The van der Waals surface area contributed by atoms with Crippen LogP contribution in [0.15, 0.2) is 22.7 Å². The first-order valence-electron chi connectivity index (χ1n) is 6.62. The van der Waals surface area contributed by atoms with Crippen LogP contribution in [-0.4, -0.2) is 30.1 Å². The van der Waals surface area contributed by atoms with E-state index < -0.39 is 0 Å². The first-order chi connectivity index (χ1) is 8.69. The standard InChI is InChI=1S/C14H18BrFN2.ClH/c15-11-5-10(6-12(16)7-11)8-18-4-3-13-1-2-14(9-18)17-13;/h5-7,13-14,17H,1-4,8-9H2;1H. The van der Waals surface area contributed by atoms with E-state index >= 15 is 0 Å². The lowest BCUT2D eigenvalue weighted by atomic mass is 10.1. The third-order valence-electron chi connectivity index (χ3n) is 3.94. The fourth-order valence-electron chi connectivity index (χ4n) is 3.12. The first-order valence-corrected chi connectivity index (χ1v) is 7.42. The molecule has 3 rings (SSSR count). The Morgan fingerprint density at radius 2 is 2.00 bits per heavy atom. The number of nitrogens with zero attached hydrogens (tertiary/aromatic N) is 1. The zero-order valence-electron chi connectivity index (χ0n) is 10.7. The van der Waals surface area contributed by atoms with Crippen LogP contribution in [0.4, 0.5) is 4.39 Å². The molecule has 0 spiro atoms. The molecule has 2 aliphatic rings. The average molecular weight is 350 g/mol. The van der Waals surface area contributed by atoms with Crippen LogP contribution >= 0.6 is 28.3 Å². The summed E-state index contributed by atoms with van der Waals surface area (Å²) in [6.07, 6.45) is 3.82. The number of benzene rings is 1. The Morgan fingerprint density at radius 3 is 2.79 bits per heavy atom. The lowest BCUT2D eigenvalue weighted by Crippen LogP contribution is -2.34. The van der Waals surface area contributed by atoms with Crippen molar-refractivity contribution >= 4 is 28.3 Å². The second-order valence-corrected chi connectivity index (χ2v) is 6.36. The lowest BCUT2D eigenvalue weighted by molar-refractivity contribution is 0.250. The predicted octanol–water partition coefficient (Wildman–Crippen LogP) is 3.34. The summed E-state index contributed by atoms with van der Waals surface area (Å²) in [6, 6.07) is 6.50.